The fraction of sp³-hybridized carbons (Fsp3) is 0.500. The first kappa shape index (κ1) is 16.2. The summed E-state index contributed by atoms with van der Waals surface area (Å²) in [6, 6.07) is 7.57. The molecule has 25 heavy (non-hydrogen) atoms. The molecule has 2 aromatic rings. The van der Waals surface area contributed by atoms with Gasteiger partial charge < -0.3 is 4.90 Å². The van der Waals surface area contributed by atoms with E-state index in [1.54, 1.807) is 6.20 Å². The molecule has 2 fully saturated rings. The number of hydrogen-bond donors (Lipinski definition) is 0. The second kappa shape index (κ2) is 6.90. The Balaban J connectivity index is 1.47. The summed E-state index contributed by atoms with van der Waals surface area (Å²) in [5.41, 5.74) is 1.69. The van der Waals surface area contributed by atoms with E-state index in [4.69, 9.17) is 0 Å². The lowest BCUT2D eigenvalue weighted by molar-refractivity contribution is 0.0775. The number of rotatable bonds is 3. The Bertz CT molecular complexity index is 748. The van der Waals surface area contributed by atoms with Gasteiger partial charge in [0.05, 0.1) is 0 Å². The highest BCUT2D eigenvalue weighted by Crippen LogP contribution is 2.41. The summed E-state index contributed by atoms with van der Waals surface area (Å²) >= 11 is 0. The minimum absolute atomic E-state index is 0.0756. The average Bonchev–Trinajstić information content (AvgIpc) is 3.07. The third-order valence-electron chi connectivity index (χ3n) is 5.72. The SMILES string of the molecule is Cc1nccc(C[C@H]2CCC[C@@H]3CN(C(=O)c4ccccn4)C[C@H]23)n1. The molecular formula is C20H24N4O. The molecule has 2 aromatic heterocycles. The standard InChI is InChI=1S/C20H24N4O/c1-14-21-10-8-17(23-14)11-15-5-4-6-16-12-24(13-18(15)16)20(25)19-7-2-3-9-22-19/h2-3,7-10,15-16,18H,4-6,11-13H2,1H3/t15-,16-,18-/m1/s1. The number of hydrogen-bond acceptors (Lipinski definition) is 4. The number of carbonyl (C=O) groups is 1. The molecule has 3 atom stereocenters. The molecule has 1 saturated carbocycles. The van der Waals surface area contributed by atoms with Crippen molar-refractivity contribution in [1.82, 2.24) is 19.9 Å². The molecular weight excluding hydrogens is 312 g/mol. The van der Waals surface area contributed by atoms with Crippen LogP contribution in [0.4, 0.5) is 0 Å². The molecule has 0 bridgehead atoms. The van der Waals surface area contributed by atoms with E-state index in [2.05, 4.69) is 15.0 Å². The molecule has 2 aliphatic rings. The van der Waals surface area contributed by atoms with Crippen LogP contribution in [-0.4, -0.2) is 38.8 Å². The van der Waals surface area contributed by atoms with Crippen LogP contribution in [0.1, 0.15) is 41.3 Å². The zero-order valence-corrected chi connectivity index (χ0v) is 14.6. The van der Waals surface area contributed by atoms with Crippen molar-refractivity contribution in [3.05, 3.63) is 53.9 Å². The molecule has 4 rings (SSSR count). The third kappa shape index (κ3) is 3.41. The summed E-state index contributed by atoms with van der Waals surface area (Å²) in [5.74, 6) is 2.72. The lowest BCUT2D eigenvalue weighted by Crippen LogP contribution is -2.31. The van der Waals surface area contributed by atoms with Crippen LogP contribution in [0.15, 0.2) is 36.7 Å². The van der Waals surface area contributed by atoms with Crippen LogP contribution in [0.5, 0.6) is 0 Å². The predicted octanol–water partition coefficient (Wildman–Crippen LogP) is 2.91. The van der Waals surface area contributed by atoms with E-state index in [1.165, 1.54) is 19.3 Å². The first-order valence-electron chi connectivity index (χ1n) is 9.19. The van der Waals surface area contributed by atoms with Gasteiger partial charge in [0.15, 0.2) is 0 Å². The lowest BCUT2D eigenvalue weighted by atomic mass is 9.72. The van der Waals surface area contributed by atoms with Crippen LogP contribution in [0.2, 0.25) is 0 Å². The summed E-state index contributed by atoms with van der Waals surface area (Å²) < 4.78 is 0. The van der Waals surface area contributed by atoms with Crippen molar-refractivity contribution in [2.75, 3.05) is 13.1 Å². The summed E-state index contributed by atoms with van der Waals surface area (Å²) in [6.07, 6.45) is 8.25. The van der Waals surface area contributed by atoms with Gasteiger partial charge in [-0.05, 0) is 62.1 Å². The minimum Gasteiger partial charge on any atom is -0.337 e. The molecule has 0 N–H and O–H groups in total. The van der Waals surface area contributed by atoms with E-state index >= 15 is 0 Å². The van der Waals surface area contributed by atoms with Gasteiger partial charge in [0.1, 0.15) is 11.5 Å². The maximum absolute atomic E-state index is 12.7. The van der Waals surface area contributed by atoms with Crippen LogP contribution < -0.4 is 0 Å². The first-order valence-corrected chi connectivity index (χ1v) is 9.19. The van der Waals surface area contributed by atoms with Crippen LogP contribution >= 0.6 is 0 Å². The number of amides is 1. The van der Waals surface area contributed by atoms with Crippen molar-refractivity contribution in [3.8, 4) is 0 Å². The number of likely N-dealkylation sites (tertiary alicyclic amines) is 1. The lowest BCUT2D eigenvalue weighted by Gasteiger charge is -2.32. The number of aromatic nitrogens is 3. The number of pyridine rings is 1. The van der Waals surface area contributed by atoms with Gasteiger partial charge in [-0.25, -0.2) is 9.97 Å². The minimum atomic E-state index is 0.0756. The second-order valence-corrected chi connectivity index (χ2v) is 7.34. The molecule has 0 spiro atoms. The quantitative estimate of drug-likeness (QED) is 0.865. The first-order chi connectivity index (χ1) is 12.2. The number of nitrogens with zero attached hydrogens (tertiary/aromatic N) is 4. The van der Waals surface area contributed by atoms with E-state index in [-0.39, 0.29) is 5.91 Å². The molecule has 0 radical (unpaired) electrons. The van der Waals surface area contributed by atoms with Crippen molar-refractivity contribution >= 4 is 5.91 Å². The Kier molecular flexibility index (Phi) is 4.47. The Hall–Kier alpha value is -2.30. The van der Waals surface area contributed by atoms with Gasteiger partial charge in [-0.1, -0.05) is 12.5 Å². The zero-order chi connectivity index (χ0) is 17.2. The van der Waals surface area contributed by atoms with Gasteiger partial charge in [-0.15, -0.1) is 0 Å². The topological polar surface area (TPSA) is 59.0 Å². The Labute approximate surface area is 148 Å². The molecule has 0 unspecified atom stereocenters. The normalized spacial score (nSPS) is 25.6. The van der Waals surface area contributed by atoms with Crippen molar-refractivity contribution in [1.29, 1.82) is 0 Å². The molecule has 1 aliphatic carbocycles. The second-order valence-electron chi connectivity index (χ2n) is 7.34. The van der Waals surface area contributed by atoms with Crippen LogP contribution in [0.25, 0.3) is 0 Å². The largest absolute Gasteiger partial charge is 0.337 e. The molecule has 3 heterocycles. The third-order valence-corrected chi connectivity index (χ3v) is 5.72. The van der Waals surface area contributed by atoms with E-state index < -0.39 is 0 Å². The van der Waals surface area contributed by atoms with E-state index in [0.717, 1.165) is 31.0 Å². The van der Waals surface area contributed by atoms with Crippen molar-refractivity contribution in [3.63, 3.8) is 0 Å². The van der Waals surface area contributed by atoms with E-state index in [0.29, 0.717) is 23.4 Å². The van der Waals surface area contributed by atoms with Crippen LogP contribution in [0, 0.1) is 24.7 Å². The van der Waals surface area contributed by atoms with Crippen molar-refractivity contribution in [2.45, 2.75) is 32.6 Å². The summed E-state index contributed by atoms with van der Waals surface area (Å²) in [6.45, 7) is 3.67. The highest BCUT2D eigenvalue weighted by molar-refractivity contribution is 5.92. The van der Waals surface area contributed by atoms with Gasteiger partial charge >= 0.3 is 0 Å². The van der Waals surface area contributed by atoms with Crippen LogP contribution in [-0.2, 0) is 6.42 Å². The van der Waals surface area contributed by atoms with Gasteiger partial charge in [0.25, 0.3) is 5.91 Å². The highest BCUT2D eigenvalue weighted by atomic mass is 16.2. The molecule has 5 nitrogen and oxygen atoms in total. The fourth-order valence-electron chi connectivity index (χ4n) is 4.55. The number of aryl methyl sites for hydroxylation is 1. The van der Waals surface area contributed by atoms with Gasteiger partial charge in [0, 0.05) is 31.2 Å². The fourth-order valence-corrected chi connectivity index (χ4v) is 4.55. The number of carbonyl (C=O) groups excluding carboxylic acids is 1. The summed E-state index contributed by atoms with van der Waals surface area (Å²) in [7, 11) is 0. The predicted molar refractivity (Wildman–Crippen MR) is 94.9 cm³/mol. The van der Waals surface area contributed by atoms with Crippen molar-refractivity contribution < 1.29 is 4.79 Å². The molecule has 0 aromatic carbocycles. The highest BCUT2D eigenvalue weighted by Gasteiger charge is 2.42. The maximum Gasteiger partial charge on any atom is 0.272 e. The van der Waals surface area contributed by atoms with Crippen LogP contribution in [0.3, 0.4) is 0 Å². The maximum atomic E-state index is 12.7. The molecule has 1 saturated heterocycles. The average molecular weight is 336 g/mol. The van der Waals surface area contributed by atoms with E-state index in [1.807, 2.05) is 42.3 Å². The monoisotopic (exact) mass is 336 g/mol. The van der Waals surface area contributed by atoms with E-state index in [9.17, 15) is 4.79 Å². The Morgan fingerprint density at radius 2 is 2.08 bits per heavy atom. The summed E-state index contributed by atoms with van der Waals surface area (Å²) in [5, 5.41) is 0. The Morgan fingerprint density at radius 3 is 2.88 bits per heavy atom. The number of fused-ring (bicyclic) bond motifs is 1. The van der Waals surface area contributed by atoms with Gasteiger partial charge in [-0.3, -0.25) is 9.78 Å². The van der Waals surface area contributed by atoms with Gasteiger partial charge in [0.2, 0.25) is 0 Å². The molecule has 1 aliphatic heterocycles. The summed E-state index contributed by atoms with van der Waals surface area (Å²) in [4.78, 5) is 27.8. The van der Waals surface area contributed by atoms with Gasteiger partial charge in [-0.2, -0.15) is 0 Å². The van der Waals surface area contributed by atoms with Crippen molar-refractivity contribution in [2.24, 2.45) is 17.8 Å². The molecule has 1 amide bonds. The zero-order valence-electron chi connectivity index (χ0n) is 14.6. The molecule has 130 valence electrons. The molecule has 5 heteroatoms. The smallest absolute Gasteiger partial charge is 0.272 e. The Morgan fingerprint density at radius 1 is 1.16 bits per heavy atom.